The molecular weight excluding hydrogens is 304 g/mol. The lowest BCUT2D eigenvalue weighted by Crippen LogP contribution is -2.38. The lowest BCUT2D eigenvalue weighted by atomic mass is 10.1. The van der Waals surface area contributed by atoms with E-state index in [1.54, 1.807) is 12.0 Å². The summed E-state index contributed by atoms with van der Waals surface area (Å²) in [4.78, 5) is 26.1. The first-order valence-electron chi connectivity index (χ1n) is 7.93. The van der Waals surface area contributed by atoms with Gasteiger partial charge in [0.05, 0.1) is 19.6 Å². The molecule has 5 heteroatoms. The molecular formula is C19H20N2O3. The number of carbonyl (C=O) groups excluding carboxylic acids is 2. The Labute approximate surface area is 141 Å². The van der Waals surface area contributed by atoms with Gasteiger partial charge in [-0.3, -0.25) is 9.59 Å². The van der Waals surface area contributed by atoms with Crippen molar-refractivity contribution in [1.29, 1.82) is 0 Å². The summed E-state index contributed by atoms with van der Waals surface area (Å²) >= 11 is 0. The van der Waals surface area contributed by atoms with Gasteiger partial charge in [-0.05, 0) is 29.8 Å². The number of nitrogens with zero attached hydrogens (tertiary/aromatic N) is 1. The van der Waals surface area contributed by atoms with Gasteiger partial charge in [-0.15, -0.1) is 0 Å². The predicted molar refractivity (Wildman–Crippen MR) is 92.0 cm³/mol. The molecule has 0 aliphatic carbocycles. The van der Waals surface area contributed by atoms with Gasteiger partial charge in [-0.1, -0.05) is 30.3 Å². The van der Waals surface area contributed by atoms with Crippen molar-refractivity contribution < 1.29 is 14.3 Å². The van der Waals surface area contributed by atoms with Gasteiger partial charge < -0.3 is 15.0 Å². The fourth-order valence-corrected chi connectivity index (χ4v) is 2.88. The van der Waals surface area contributed by atoms with E-state index in [4.69, 9.17) is 4.74 Å². The smallest absolute Gasteiger partial charge is 0.229 e. The Kier molecular flexibility index (Phi) is 4.79. The minimum atomic E-state index is -0.157. The third-order valence-electron chi connectivity index (χ3n) is 4.08. The first-order valence-corrected chi connectivity index (χ1v) is 7.93. The van der Waals surface area contributed by atoms with Crippen molar-refractivity contribution in [2.75, 3.05) is 18.6 Å². The van der Waals surface area contributed by atoms with Crippen LogP contribution in [0.3, 0.4) is 0 Å². The van der Waals surface area contributed by atoms with E-state index in [-0.39, 0.29) is 17.9 Å². The Balaban J connectivity index is 1.59. The summed E-state index contributed by atoms with van der Waals surface area (Å²) in [6, 6.07) is 16.8. The number of rotatable bonds is 5. The van der Waals surface area contributed by atoms with Crippen LogP contribution in [0.25, 0.3) is 0 Å². The normalized spacial score (nSPS) is 17.0. The largest absolute Gasteiger partial charge is 0.497 e. The second-order valence-corrected chi connectivity index (χ2v) is 5.83. The number of nitrogens with one attached hydrogen (secondary N) is 1. The van der Waals surface area contributed by atoms with Crippen molar-refractivity contribution in [1.82, 2.24) is 5.32 Å². The minimum absolute atomic E-state index is 0.0187. The maximum absolute atomic E-state index is 12.2. The van der Waals surface area contributed by atoms with Crippen LogP contribution in [-0.4, -0.2) is 31.5 Å². The molecule has 2 aromatic carbocycles. The van der Waals surface area contributed by atoms with E-state index in [2.05, 4.69) is 5.32 Å². The number of benzene rings is 2. The fourth-order valence-electron chi connectivity index (χ4n) is 2.88. The molecule has 5 nitrogen and oxygen atoms in total. The highest BCUT2D eigenvalue weighted by atomic mass is 16.5. The molecule has 0 radical (unpaired) electrons. The summed E-state index contributed by atoms with van der Waals surface area (Å²) in [5, 5.41) is 2.95. The molecule has 0 bridgehead atoms. The zero-order valence-electron chi connectivity index (χ0n) is 13.6. The number of hydrogen-bond acceptors (Lipinski definition) is 3. The second-order valence-electron chi connectivity index (χ2n) is 5.83. The van der Waals surface area contributed by atoms with Gasteiger partial charge in [-0.25, -0.2) is 0 Å². The summed E-state index contributed by atoms with van der Waals surface area (Å²) in [7, 11) is 1.61. The summed E-state index contributed by atoms with van der Waals surface area (Å²) in [6.07, 6.45) is 0.653. The predicted octanol–water partition coefficient (Wildman–Crippen LogP) is 2.16. The number of carbonyl (C=O) groups is 2. The van der Waals surface area contributed by atoms with Crippen molar-refractivity contribution >= 4 is 17.5 Å². The van der Waals surface area contributed by atoms with Crippen molar-refractivity contribution in [3.8, 4) is 5.75 Å². The topological polar surface area (TPSA) is 58.6 Å². The van der Waals surface area contributed by atoms with Gasteiger partial charge in [0.2, 0.25) is 11.8 Å². The average molecular weight is 324 g/mol. The highest BCUT2D eigenvalue weighted by Gasteiger charge is 2.31. The Bertz CT molecular complexity index is 713. The highest BCUT2D eigenvalue weighted by molar-refractivity contribution is 5.97. The molecule has 1 fully saturated rings. The average Bonchev–Trinajstić information content (AvgIpc) is 2.96. The fraction of sp³-hybridized carbons (Fsp3) is 0.263. The number of amides is 2. The van der Waals surface area contributed by atoms with Gasteiger partial charge >= 0.3 is 0 Å². The van der Waals surface area contributed by atoms with Gasteiger partial charge in [0.1, 0.15) is 5.75 Å². The van der Waals surface area contributed by atoms with Crippen LogP contribution in [0, 0.1) is 0 Å². The van der Waals surface area contributed by atoms with E-state index < -0.39 is 0 Å². The van der Waals surface area contributed by atoms with E-state index in [1.807, 2.05) is 54.6 Å². The first-order chi connectivity index (χ1) is 11.7. The molecule has 2 amide bonds. The van der Waals surface area contributed by atoms with Crippen molar-refractivity contribution in [2.45, 2.75) is 18.9 Å². The van der Waals surface area contributed by atoms with E-state index in [9.17, 15) is 9.59 Å². The number of ether oxygens (including phenoxy) is 1. The molecule has 0 saturated carbocycles. The molecule has 2 aromatic rings. The maximum atomic E-state index is 12.2. The summed E-state index contributed by atoms with van der Waals surface area (Å²) in [6.45, 7) is 0.492. The van der Waals surface area contributed by atoms with Crippen LogP contribution < -0.4 is 15.0 Å². The molecule has 3 rings (SSSR count). The lowest BCUT2D eigenvalue weighted by molar-refractivity contribution is -0.121. The summed E-state index contributed by atoms with van der Waals surface area (Å²) in [5.74, 6) is 0.707. The monoisotopic (exact) mass is 324 g/mol. The highest BCUT2D eigenvalue weighted by Crippen LogP contribution is 2.24. The van der Waals surface area contributed by atoms with Gasteiger partial charge in [0, 0.05) is 18.7 Å². The van der Waals surface area contributed by atoms with Crippen molar-refractivity contribution in [3.63, 3.8) is 0 Å². The Hall–Kier alpha value is -2.82. The van der Waals surface area contributed by atoms with Gasteiger partial charge in [-0.2, -0.15) is 0 Å². The van der Waals surface area contributed by atoms with E-state index >= 15 is 0 Å². The third kappa shape index (κ3) is 3.74. The van der Waals surface area contributed by atoms with Crippen LogP contribution in [0.1, 0.15) is 12.0 Å². The van der Waals surface area contributed by atoms with Crippen LogP contribution in [0.15, 0.2) is 54.6 Å². The van der Waals surface area contributed by atoms with E-state index in [1.165, 1.54) is 0 Å². The summed E-state index contributed by atoms with van der Waals surface area (Å²) < 4.78 is 5.13. The molecule has 24 heavy (non-hydrogen) atoms. The Morgan fingerprint density at radius 3 is 2.54 bits per heavy atom. The third-order valence-corrected chi connectivity index (χ3v) is 4.08. The van der Waals surface area contributed by atoms with Crippen LogP contribution in [0.2, 0.25) is 0 Å². The minimum Gasteiger partial charge on any atom is -0.497 e. The number of anilines is 1. The quantitative estimate of drug-likeness (QED) is 0.917. The number of methoxy groups -OCH3 is 1. The lowest BCUT2D eigenvalue weighted by Gasteiger charge is -2.17. The standard InChI is InChI=1S/C19H20N2O3/c1-24-17-9-7-16(8-10-17)21-13-15(12-19(21)23)20-18(22)11-14-5-3-2-4-6-14/h2-10,15H,11-13H2,1H3,(H,20,22)/t15-/m0/s1. The molecule has 1 atom stereocenters. The van der Waals surface area contributed by atoms with Crippen LogP contribution in [0.5, 0.6) is 5.75 Å². The number of hydrogen-bond donors (Lipinski definition) is 1. The molecule has 1 saturated heterocycles. The van der Waals surface area contributed by atoms with Crippen molar-refractivity contribution in [2.24, 2.45) is 0 Å². The Morgan fingerprint density at radius 2 is 1.88 bits per heavy atom. The molecule has 0 spiro atoms. The zero-order valence-corrected chi connectivity index (χ0v) is 13.6. The molecule has 1 aliphatic rings. The van der Waals surface area contributed by atoms with E-state index in [0.29, 0.717) is 19.4 Å². The molecule has 1 heterocycles. The second kappa shape index (κ2) is 7.17. The molecule has 1 N–H and O–H groups in total. The van der Waals surface area contributed by atoms with E-state index in [0.717, 1.165) is 17.0 Å². The maximum Gasteiger partial charge on any atom is 0.229 e. The SMILES string of the molecule is COc1ccc(N2C[C@@H](NC(=O)Cc3ccccc3)CC2=O)cc1. The zero-order chi connectivity index (χ0) is 16.9. The summed E-state index contributed by atoms with van der Waals surface area (Å²) in [5.41, 5.74) is 1.78. The van der Waals surface area contributed by atoms with Crippen LogP contribution in [0.4, 0.5) is 5.69 Å². The Morgan fingerprint density at radius 1 is 1.17 bits per heavy atom. The molecule has 124 valence electrons. The first kappa shape index (κ1) is 16.1. The molecule has 0 aromatic heterocycles. The molecule has 0 unspecified atom stereocenters. The van der Waals surface area contributed by atoms with Crippen molar-refractivity contribution in [3.05, 3.63) is 60.2 Å². The molecule has 1 aliphatic heterocycles. The van der Waals surface area contributed by atoms with Gasteiger partial charge in [0.25, 0.3) is 0 Å². The van der Waals surface area contributed by atoms with Crippen LogP contribution >= 0.6 is 0 Å². The van der Waals surface area contributed by atoms with Gasteiger partial charge in [0.15, 0.2) is 0 Å². The van der Waals surface area contributed by atoms with Crippen LogP contribution in [-0.2, 0) is 16.0 Å².